The highest BCUT2D eigenvalue weighted by Gasteiger charge is 2.29. The number of carbonyl (C=O) groups excluding carboxylic acids is 2. The number of likely N-dealkylation sites (tertiary alicyclic amines) is 1. The van der Waals surface area contributed by atoms with Crippen molar-refractivity contribution in [1.29, 1.82) is 0 Å². The largest absolute Gasteiger partial charge is 0.486 e. The van der Waals surface area contributed by atoms with Crippen LogP contribution < -0.4 is 20.1 Å². The lowest BCUT2D eigenvalue weighted by molar-refractivity contribution is -0.117. The molecule has 3 aromatic carbocycles. The number of amides is 2. The van der Waals surface area contributed by atoms with E-state index in [1.807, 2.05) is 48.5 Å². The van der Waals surface area contributed by atoms with Crippen LogP contribution in [0.4, 0.5) is 11.4 Å². The highest BCUT2D eigenvalue weighted by Crippen LogP contribution is 2.38. The van der Waals surface area contributed by atoms with Crippen molar-refractivity contribution in [3.8, 4) is 11.5 Å². The van der Waals surface area contributed by atoms with Crippen LogP contribution in [0.3, 0.4) is 0 Å². The van der Waals surface area contributed by atoms with E-state index in [2.05, 4.69) is 21.6 Å². The summed E-state index contributed by atoms with van der Waals surface area (Å²) in [5.41, 5.74) is 2.74. The summed E-state index contributed by atoms with van der Waals surface area (Å²) < 4.78 is 11.4. The van der Waals surface area contributed by atoms with E-state index >= 15 is 0 Å². The SMILES string of the molecule is O=C(CN1CCC[C@H]1c1ccc2c(c1)OCCO2)Nc1ccccc1C(=O)Nc1ccccc1. The molecule has 0 spiro atoms. The van der Waals surface area contributed by atoms with Gasteiger partial charge in [0.15, 0.2) is 11.5 Å². The standard InChI is InChI=1S/C27H27N3O4/c31-26(29-22-10-5-4-9-21(22)27(32)28-20-7-2-1-3-8-20)18-30-14-6-11-23(30)19-12-13-24-25(17-19)34-16-15-33-24/h1-5,7-10,12-13,17,23H,6,11,14-16,18H2,(H,28,32)(H,29,31)/t23-/m0/s1. The molecular weight excluding hydrogens is 430 g/mol. The minimum atomic E-state index is -0.266. The van der Waals surface area contributed by atoms with E-state index in [9.17, 15) is 9.59 Å². The summed E-state index contributed by atoms with van der Waals surface area (Å²) in [6.45, 7) is 2.19. The molecule has 7 nitrogen and oxygen atoms in total. The fraction of sp³-hybridized carbons (Fsp3) is 0.259. The van der Waals surface area contributed by atoms with E-state index in [-0.39, 0.29) is 24.4 Å². The first-order chi connectivity index (χ1) is 16.7. The number of rotatable bonds is 6. The predicted molar refractivity (Wildman–Crippen MR) is 130 cm³/mol. The maximum Gasteiger partial charge on any atom is 0.257 e. The second-order valence-electron chi connectivity index (χ2n) is 8.45. The van der Waals surface area contributed by atoms with Gasteiger partial charge in [-0.25, -0.2) is 0 Å². The molecule has 34 heavy (non-hydrogen) atoms. The Balaban J connectivity index is 1.26. The lowest BCUT2D eigenvalue weighted by atomic mass is 10.0. The van der Waals surface area contributed by atoms with Gasteiger partial charge in [0.1, 0.15) is 13.2 Å². The molecule has 1 saturated heterocycles. The summed E-state index contributed by atoms with van der Waals surface area (Å²) in [7, 11) is 0. The van der Waals surface area contributed by atoms with Gasteiger partial charge in [-0.1, -0.05) is 36.4 Å². The molecule has 3 aromatic rings. The summed E-state index contributed by atoms with van der Waals surface area (Å²) in [6.07, 6.45) is 1.99. The van der Waals surface area contributed by atoms with Crippen molar-refractivity contribution < 1.29 is 19.1 Å². The van der Waals surface area contributed by atoms with Crippen molar-refractivity contribution in [2.75, 3.05) is 36.9 Å². The third kappa shape index (κ3) is 4.89. The van der Waals surface area contributed by atoms with E-state index in [4.69, 9.17) is 9.47 Å². The van der Waals surface area contributed by atoms with Gasteiger partial charge in [-0.15, -0.1) is 0 Å². The monoisotopic (exact) mass is 457 g/mol. The van der Waals surface area contributed by atoms with Crippen molar-refractivity contribution in [3.05, 3.63) is 83.9 Å². The average Bonchev–Trinajstić information content (AvgIpc) is 3.32. The van der Waals surface area contributed by atoms with Crippen molar-refractivity contribution in [2.45, 2.75) is 18.9 Å². The molecular formula is C27H27N3O4. The van der Waals surface area contributed by atoms with Gasteiger partial charge in [-0.05, 0) is 61.3 Å². The van der Waals surface area contributed by atoms with Crippen LogP contribution in [0.5, 0.6) is 11.5 Å². The van der Waals surface area contributed by atoms with Gasteiger partial charge < -0.3 is 20.1 Å². The van der Waals surface area contributed by atoms with Gasteiger partial charge in [0, 0.05) is 11.7 Å². The van der Waals surface area contributed by atoms with Crippen LogP contribution in [0.2, 0.25) is 0 Å². The maximum absolute atomic E-state index is 13.0. The van der Waals surface area contributed by atoms with Crippen molar-refractivity contribution >= 4 is 23.2 Å². The van der Waals surface area contributed by atoms with Crippen LogP contribution in [0.15, 0.2) is 72.8 Å². The molecule has 1 atom stereocenters. The normalized spacial score (nSPS) is 17.2. The zero-order valence-electron chi connectivity index (χ0n) is 18.8. The van der Waals surface area contributed by atoms with Crippen LogP contribution in [0, 0.1) is 0 Å². The lowest BCUT2D eigenvalue weighted by Gasteiger charge is -2.26. The topological polar surface area (TPSA) is 79.9 Å². The van der Waals surface area contributed by atoms with Crippen molar-refractivity contribution in [1.82, 2.24) is 4.90 Å². The lowest BCUT2D eigenvalue weighted by Crippen LogP contribution is -2.33. The van der Waals surface area contributed by atoms with Gasteiger partial charge in [-0.2, -0.15) is 0 Å². The molecule has 5 rings (SSSR count). The minimum Gasteiger partial charge on any atom is -0.486 e. The third-order valence-electron chi connectivity index (χ3n) is 6.14. The van der Waals surface area contributed by atoms with E-state index < -0.39 is 0 Å². The van der Waals surface area contributed by atoms with E-state index in [1.165, 1.54) is 0 Å². The smallest absolute Gasteiger partial charge is 0.257 e. The van der Waals surface area contributed by atoms with Crippen LogP contribution in [-0.2, 0) is 4.79 Å². The molecule has 7 heteroatoms. The van der Waals surface area contributed by atoms with Crippen LogP contribution >= 0.6 is 0 Å². The molecule has 2 amide bonds. The molecule has 2 aliphatic rings. The number of benzene rings is 3. The van der Waals surface area contributed by atoms with Gasteiger partial charge in [0.25, 0.3) is 5.91 Å². The average molecular weight is 458 g/mol. The summed E-state index contributed by atoms with van der Waals surface area (Å²) >= 11 is 0. The first-order valence-electron chi connectivity index (χ1n) is 11.6. The molecule has 0 saturated carbocycles. The second-order valence-corrected chi connectivity index (χ2v) is 8.45. The number of para-hydroxylation sites is 2. The Morgan fingerprint density at radius 3 is 2.50 bits per heavy atom. The zero-order chi connectivity index (χ0) is 23.3. The number of nitrogens with one attached hydrogen (secondary N) is 2. The molecule has 0 radical (unpaired) electrons. The number of hydrogen-bond acceptors (Lipinski definition) is 5. The summed E-state index contributed by atoms with van der Waals surface area (Å²) in [5, 5.41) is 5.82. The Kier molecular flexibility index (Phi) is 6.44. The van der Waals surface area contributed by atoms with Crippen molar-refractivity contribution in [3.63, 3.8) is 0 Å². The third-order valence-corrected chi connectivity index (χ3v) is 6.14. The fourth-order valence-electron chi connectivity index (χ4n) is 4.54. The molecule has 2 heterocycles. The predicted octanol–water partition coefficient (Wildman–Crippen LogP) is 4.49. The number of anilines is 2. The number of ether oxygens (including phenoxy) is 2. The highest BCUT2D eigenvalue weighted by molar-refractivity contribution is 6.10. The Bertz CT molecular complexity index is 1180. The maximum atomic E-state index is 13.0. The Hall–Kier alpha value is -3.84. The molecule has 174 valence electrons. The quantitative estimate of drug-likeness (QED) is 0.570. The van der Waals surface area contributed by atoms with E-state index in [0.29, 0.717) is 30.2 Å². The molecule has 2 aliphatic heterocycles. The van der Waals surface area contributed by atoms with Crippen LogP contribution in [0.25, 0.3) is 0 Å². The molecule has 0 unspecified atom stereocenters. The Morgan fingerprint density at radius 1 is 0.882 bits per heavy atom. The summed E-state index contributed by atoms with van der Waals surface area (Å²) in [4.78, 5) is 28.0. The van der Waals surface area contributed by atoms with Gasteiger partial charge in [0.2, 0.25) is 5.91 Å². The van der Waals surface area contributed by atoms with E-state index in [1.54, 1.807) is 18.2 Å². The van der Waals surface area contributed by atoms with Gasteiger partial charge >= 0.3 is 0 Å². The Labute approximate surface area is 198 Å². The molecule has 0 aromatic heterocycles. The summed E-state index contributed by atoms with van der Waals surface area (Å²) in [5.74, 6) is 1.11. The summed E-state index contributed by atoms with van der Waals surface area (Å²) in [6, 6.07) is 22.5. The van der Waals surface area contributed by atoms with E-state index in [0.717, 1.165) is 36.4 Å². The molecule has 0 aliphatic carbocycles. The van der Waals surface area contributed by atoms with Gasteiger partial charge in [0.05, 0.1) is 17.8 Å². The number of carbonyl (C=O) groups is 2. The first-order valence-corrected chi connectivity index (χ1v) is 11.6. The first kappa shape index (κ1) is 22.0. The number of fused-ring (bicyclic) bond motifs is 1. The highest BCUT2D eigenvalue weighted by atomic mass is 16.6. The fourth-order valence-corrected chi connectivity index (χ4v) is 4.54. The number of nitrogens with zero attached hydrogens (tertiary/aromatic N) is 1. The number of hydrogen-bond donors (Lipinski definition) is 2. The second kappa shape index (κ2) is 9.97. The van der Waals surface area contributed by atoms with Crippen molar-refractivity contribution in [2.24, 2.45) is 0 Å². The Morgan fingerprint density at radius 2 is 1.65 bits per heavy atom. The van der Waals surface area contributed by atoms with Gasteiger partial charge in [-0.3, -0.25) is 14.5 Å². The molecule has 1 fully saturated rings. The zero-order valence-corrected chi connectivity index (χ0v) is 18.8. The van der Waals surface area contributed by atoms with Crippen LogP contribution in [-0.4, -0.2) is 43.0 Å². The molecule has 2 N–H and O–H groups in total. The van der Waals surface area contributed by atoms with Crippen LogP contribution in [0.1, 0.15) is 34.8 Å². The molecule has 0 bridgehead atoms. The minimum absolute atomic E-state index is 0.137.